The summed E-state index contributed by atoms with van der Waals surface area (Å²) in [5, 5.41) is 0. The Morgan fingerprint density at radius 1 is 1.11 bits per heavy atom. The van der Waals surface area contributed by atoms with Gasteiger partial charge in [0.15, 0.2) is 6.61 Å². The molecule has 0 saturated carbocycles. The summed E-state index contributed by atoms with van der Waals surface area (Å²) < 4.78 is 10.6. The minimum atomic E-state index is -0.442. The molecular weight excluding hydrogens is 344 g/mol. The van der Waals surface area contributed by atoms with Gasteiger partial charge in [0.05, 0.1) is 25.3 Å². The molecule has 2 rings (SSSR count). The van der Waals surface area contributed by atoms with E-state index in [4.69, 9.17) is 9.47 Å². The van der Waals surface area contributed by atoms with Crippen LogP contribution in [0.5, 0.6) is 5.75 Å². The Morgan fingerprint density at radius 3 is 2.41 bits per heavy atom. The number of aryl methyl sites for hydroxylation is 2. The number of methoxy groups -OCH3 is 1. The number of ether oxygens (including phenoxy) is 2. The zero-order valence-corrected chi connectivity index (χ0v) is 16.3. The topological polar surface area (TPSA) is 68.7 Å². The van der Waals surface area contributed by atoms with Gasteiger partial charge in [0.2, 0.25) is 0 Å². The summed E-state index contributed by atoms with van der Waals surface area (Å²) >= 11 is 0. The molecule has 0 N–H and O–H groups in total. The summed E-state index contributed by atoms with van der Waals surface area (Å²) in [6.07, 6.45) is 1.68. The number of rotatable bonds is 8. The maximum absolute atomic E-state index is 12.8. The van der Waals surface area contributed by atoms with E-state index in [1.807, 2.05) is 50.2 Å². The van der Waals surface area contributed by atoms with E-state index >= 15 is 0 Å². The van der Waals surface area contributed by atoms with Gasteiger partial charge >= 0.3 is 5.97 Å². The highest BCUT2D eigenvalue weighted by Crippen LogP contribution is 2.22. The Hall–Kier alpha value is -2.89. The van der Waals surface area contributed by atoms with Gasteiger partial charge in [-0.2, -0.15) is 0 Å². The Kier molecular flexibility index (Phi) is 7.34. The molecule has 1 amide bonds. The lowest BCUT2D eigenvalue weighted by Crippen LogP contribution is -2.39. The van der Waals surface area contributed by atoms with E-state index < -0.39 is 5.92 Å². The normalized spacial score (nSPS) is 11.6. The number of para-hydroxylation sites is 1. The Labute approximate surface area is 160 Å². The molecule has 6 nitrogen and oxygen atoms in total. The molecule has 1 aromatic heterocycles. The number of hydrogen-bond donors (Lipinski definition) is 0. The average molecular weight is 370 g/mol. The molecule has 27 heavy (non-hydrogen) atoms. The molecule has 0 radical (unpaired) electrons. The molecule has 0 aliphatic carbocycles. The van der Waals surface area contributed by atoms with Gasteiger partial charge in [0.1, 0.15) is 5.75 Å². The van der Waals surface area contributed by atoms with Crippen molar-refractivity contribution in [3.8, 4) is 5.75 Å². The van der Waals surface area contributed by atoms with Crippen molar-refractivity contribution in [3.63, 3.8) is 0 Å². The lowest BCUT2D eigenvalue weighted by Gasteiger charge is -2.25. The van der Waals surface area contributed by atoms with Crippen molar-refractivity contribution >= 4 is 11.9 Å². The SMILES string of the molecule is COC(=O)C(C)CN(Cc1ccccn1)C(=O)COc1c(C)cccc1C. The summed E-state index contributed by atoms with van der Waals surface area (Å²) in [6.45, 7) is 6.05. The summed E-state index contributed by atoms with van der Waals surface area (Å²) in [6, 6.07) is 11.4. The van der Waals surface area contributed by atoms with E-state index in [9.17, 15) is 9.59 Å². The number of carbonyl (C=O) groups is 2. The number of pyridine rings is 1. The predicted octanol–water partition coefficient (Wildman–Crippen LogP) is 2.92. The average Bonchev–Trinajstić information content (AvgIpc) is 2.67. The van der Waals surface area contributed by atoms with Crippen LogP contribution in [-0.2, 0) is 20.9 Å². The van der Waals surface area contributed by atoms with Crippen molar-refractivity contribution < 1.29 is 19.1 Å². The van der Waals surface area contributed by atoms with E-state index in [2.05, 4.69) is 4.98 Å². The second-order valence-corrected chi connectivity index (χ2v) is 6.53. The summed E-state index contributed by atoms with van der Waals surface area (Å²) in [4.78, 5) is 30.4. The minimum Gasteiger partial charge on any atom is -0.483 e. The zero-order valence-electron chi connectivity index (χ0n) is 16.3. The first kappa shape index (κ1) is 20.4. The van der Waals surface area contributed by atoms with Gasteiger partial charge < -0.3 is 14.4 Å². The quantitative estimate of drug-likeness (QED) is 0.668. The van der Waals surface area contributed by atoms with Crippen LogP contribution in [0.4, 0.5) is 0 Å². The highest BCUT2D eigenvalue weighted by molar-refractivity contribution is 5.79. The van der Waals surface area contributed by atoms with E-state index in [0.717, 1.165) is 16.8 Å². The van der Waals surface area contributed by atoms with Crippen molar-refractivity contribution in [1.29, 1.82) is 0 Å². The van der Waals surface area contributed by atoms with E-state index in [-0.39, 0.29) is 25.0 Å². The number of nitrogens with zero attached hydrogens (tertiary/aromatic N) is 2. The molecule has 1 heterocycles. The van der Waals surface area contributed by atoms with Gasteiger partial charge in [-0.1, -0.05) is 31.2 Å². The third kappa shape index (κ3) is 5.81. The van der Waals surface area contributed by atoms with Crippen molar-refractivity contribution in [3.05, 3.63) is 59.4 Å². The molecule has 2 aromatic rings. The van der Waals surface area contributed by atoms with Crippen LogP contribution in [0.3, 0.4) is 0 Å². The Bertz CT molecular complexity index is 757. The van der Waals surface area contributed by atoms with Crippen LogP contribution >= 0.6 is 0 Å². The van der Waals surface area contributed by atoms with Crippen LogP contribution in [0.1, 0.15) is 23.7 Å². The van der Waals surface area contributed by atoms with Crippen LogP contribution < -0.4 is 4.74 Å². The highest BCUT2D eigenvalue weighted by Gasteiger charge is 2.23. The van der Waals surface area contributed by atoms with Gasteiger partial charge in [-0.15, -0.1) is 0 Å². The Balaban J connectivity index is 2.11. The number of hydrogen-bond acceptors (Lipinski definition) is 5. The third-order valence-corrected chi connectivity index (χ3v) is 4.28. The van der Waals surface area contributed by atoms with Crippen LogP contribution in [0, 0.1) is 19.8 Å². The molecule has 1 aromatic carbocycles. The largest absolute Gasteiger partial charge is 0.483 e. The van der Waals surface area contributed by atoms with Gasteiger partial charge in [-0.05, 0) is 37.1 Å². The fraction of sp³-hybridized carbons (Fsp3) is 0.381. The molecule has 0 saturated heterocycles. The lowest BCUT2D eigenvalue weighted by molar-refractivity contribution is -0.147. The second-order valence-electron chi connectivity index (χ2n) is 6.53. The van der Waals surface area contributed by atoms with E-state index in [0.29, 0.717) is 12.3 Å². The summed E-state index contributed by atoms with van der Waals surface area (Å²) in [5.74, 6) is -0.295. The molecular formula is C21H26N2O4. The first-order chi connectivity index (χ1) is 12.9. The molecule has 1 atom stereocenters. The van der Waals surface area contributed by atoms with E-state index in [1.54, 1.807) is 18.0 Å². The fourth-order valence-corrected chi connectivity index (χ4v) is 2.80. The highest BCUT2D eigenvalue weighted by atomic mass is 16.5. The number of benzene rings is 1. The molecule has 0 spiro atoms. The zero-order chi connectivity index (χ0) is 19.8. The molecule has 144 valence electrons. The first-order valence-corrected chi connectivity index (χ1v) is 8.87. The number of amides is 1. The Morgan fingerprint density at radius 2 is 1.81 bits per heavy atom. The third-order valence-electron chi connectivity index (χ3n) is 4.28. The maximum Gasteiger partial charge on any atom is 0.310 e. The van der Waals surface area contributed by atoms with Gasteiger partial charge in [0.25, 0.3) is 5.91 Å². The standard InChI is InChI=1S/C21H26N2O4/c1-15-8-7-9-16(2)20(15)27-14-19(24)23(12-17(3)21(25)26-4)13-18-10-5-6-11-22-18/h5-11,17H,12-14H2,1-4H3. The predicted molar refractivity (Wildman–Crippen MR) is 102 cm³/mol. The number of esters is 1. The summed E-state index contributed by atoms with van der Waals surface area (Å²) in [7, 11) is 1.34. The van der Waals surface area contributed by atoms with Crippen LogP contribution in [0.2, 0.25) is 0 Å². The van der Waals surface area contributed by atoms with Crippen molar-refractivity contribution in [2.45, 2.75) is 27.3 Å². The van der Waals surface area contributed by atoms with Gasteiger partial charge in [0, 0.05) is 12.7 Å². The molecule has 0 fully saturated rings. The first-order valence-electron chi connectivity index (χ1n) is 8.87. The minimum absolute atomic E-state index is 0.105. The molecule has 0 bridgehead atoms. The van der Waals surface area contributed by atoms with Crippen LogP contribution in [0.15, 0.2) is 42.6 Å². The monoisotopic (exact) mass is 370 g/mol. The van der Waals surface area contributed by atoms with Gasteiger partial charge in [-0.3, -0.25) is 14.6 Å². The number of carbonyl (C=O) groups excluding carboxylic acids is 2. The molecule has 0 aliphatic rings. The maximum atomic E-state index is 12.8. The summed E-state index contributed by atoms with van der Waals surface area (Å²) in [5.41, 5.74) is 2.69. The van der Waals surface area contributed by atoms with Crippen molar-refractivity contribution in [2.24, 2.45) is 5.92 Å². The number of aromatic nitrogens is 1. The molecule has 1 unspecified atom stereocenters. The van der Waals surface area contributed by atoms with Crippen molar-refractivity contribution in [2.75, 3.05) is 20.3 Å². The smallest absolute Gasteiger partial charge is 0.310 e. The van der Waals surface area contributed by atoms with E-state index in [1.165, 1.54) is 7.11 Å². The second kappa shape index (κ2) is 9.71. The lowest BCUT2D eigenvalue weighted by atomic mass is 10.1. The van der Waals surface area contributed by atoms with Gasteiger partial charge in [-0.25, -0.2) is 0 Å². The van der Waals surface area contributed by atoms with Crippen LogP contribution in [-0.4, -0.2) is 42.0 Å². The molecule has 6 heteroatoms. The molecule has 0 aliphatic heterocycles. The fourth-order valence-electron chi connectivity index (χ4n) is 2.80. The van der Waals surface area contributed by atoms with Crippen LogP contribution in [0.25, 0.3) is 0 Å². The van der Waals surface area contributed by atoms with Crippen molar-refractivity contribution in [1.82, 2.24) is 9.88 Å².